The van der Waals surface area contributed by atoms with E-state index in [9.17, 15) is 9.59 Å². The fourth-order valence-corrected chi connectivity index (χ4v) is 3.04. The van der Waals surface area contributed by atoms with Crippen molar-refractivity contribution < 1.29 is 14.7 Å². The Morgan fingerprint density at radius 3 is 2.56 bits per heavy atom. The van der Waals surface area contributed by atoms with E-state index in [-0.39, 0.29) is 11.9 Å². The summed E-state index contributed by atoms with van der Waals surface area (Å²) in [6.45, 7) is 3.37. The van der Waals surface area contributed by atoms with Gasteiger partial charge in [-0.05, 0) is 25.3 Å². The summed E-state index contributed by atoms with van der Waals surface area (Å²) in [5.41, 5.74) is 1.93. The monoisotopic (exact) mass is 342 g/mol. The van der Waals surface area contributed by atoms with E-state index in [2.05, 4.69) is 10.4 Å². The van der Waals surface area contributed by atoms with Crippen LogP contribution < -0.4 is 5.32 Å². The minimum Gasteiger partial charge on any atom is -0.481 e. The highest BCUT2D eigenvalue weighted by Crippen LogP contribution is 2.19. The van der Waals surface area contributed by atoms with E-state index < -0.39 is 5.97 Å². The summed E-state index contributed by atoms with van der Waals surface area (Å²) in [5.74, 6) is -0.488. The van der Waals surface area contributed by atoms with Gasteiger partial charge in [-0.25, -0.2) is 9.48 Å². The first kappa shape index (κ1) is 17.0. The van der Waals surface area contributed by atoms with Crippen molar-refractivity contribution in [1.29, 1.82) is 0 Å². The SMILES string of the molecule is Cc1cc(NC(=O)N2CCC(C(=O)O)CC2)n(Cc2ccccc2)n1. The molecule has 2 heterocycles. The summed E-state index contributed by atoms with van der Waals surface area (Å²) in [6.07, 6.45) is 0.982. The van der Waals surface area contributed by atoms with Crippen molar-refractivity contribution in [2.24, 2.45) is 5.92 Å². The first-order valence-electron chi connectivity index (χ1n) is 8.40. The number of nitrogens with zero attached hydrogens (tertiary/aromatic N) is 3. The average Bonchev–Trinajstić information content (AvgIpc) is 2.94. The number of likely N-dealkylation sites (tertiary alicyclic amines) is 1. The maximum absolute atomic E-state index is 12.5. The fourth-order valence-electron chi connectivity index (χ4n) is 3.04. The van der Waals surface area contributed by atoms with Gasteiger partial charge in [0.1, 0.15) is 5.82 Å². The van der Waals surface area contributed by atoms with Crippen LogP contribution in [0.4, 0.5) is 10.6 Å². The molecule has 2 amide bonds. The van der Waals surface area contributed by atoms with Crippen LogP contribution in [0.2, 0.25) is 0 Å². The number of piperidine rings is 1. The van der Waals surface area contributed by atoms with Gasteiger partial charge in [-0.15, -0.1) is 0 Å². The summed E-state index contributed by atoms with van der Waals surface area (Å²) in [4.78, 5) is 25.2. The molecule has 2 aromatic rings. The normalized spacial score (nSPS) is 15.2. The first-order valence-corrected chi connectivity index (χ1v) is 8.40. The number of carboxylic acids is 1. The zero-order valence-corrected chi connectivity index (χ0v) is 14.2. The maximum atomic E-state index is 12.5. The van der Waals surface area contributed by atoms with Gasteiger partial charge < -0.3 is 10.0 Å². The second-order valence-electron chi connectivity index (χ2n) is 6.34. The van der Waals surface area contributed by atoms with Crippen molar-refractivity contribution >= 4 is 17.8 Å². The van der Waals surface area contributed by atoms with Crippen LogP contribution >= 0.6 is 0 Å². The molecule has 3 rings (SSSR count). The number of urea groups is 1. The summed E-state index contributed by atoms with van der Waals surface area (Å²) >= 11 is 0. The zero-order valence-electron chi connectivity index (χ0n) is 14.2. The second-order valence-corrected chi connectivity index (χ2v) is 6.34. The number of hydrogen-bond acceptors (Lipinski definition) is 3. The lowest BCUT2D eigenvalue weighted by molar-refractivity contribution is -0.143. The van der Waals surface area contributed by atoms with Crippen LogP contribution in [0.3, 0.4) is 0 Å². The molecule has 132 valence electrons. The van der Waals surface area contributed by atoms with Crippen molar-refractivity contribution in [2.75, 3.05) is 18.4 Å². The summed E-state index contributed by atoms with van der Waals surface area (Å²) in [7, 11) is 0. The third kappa shape index (κ3) is 4.17. The number of benzene rings is 1. The molecule has 0 aliphatic carbocycles. The first-order chi connectivity index (χ1) is 12.0. The lowest BCUT2D eigenvalue weighted by Crippen LogP contribution is -2.42. The second kappa shape index (κ2) is 7.38. The van der Waals surface area contributed by atoms with Gasteiger partial charge >= 0.3 is 12.0 Å². The smallest absolute Gasteiger partial charge is 0.323 e. The van der Waals surface area contributed by atoms with E-state index in [4.69, 9.17) is 5.11 Å². The van der Waals surface area contributed by atoms with Gasteiger partial charge in [0, 0.05) is 19.2 Å². The number of aromatic nitrogens is 2. The summed E-state index contributed by atoms with van der Waals surface area (Å²) in [5, 5.41) is 16.4. The van der Waals surface area contributed by atoms with Crippen molar-refractivity contribution in [2.45, 2.75) is 26.3 Å². The molecule has 0 spiro atoms. The Morgan fingerprint density at radius 2 is 1.92 bits per heavy atom. The summed E-state index contributed by atoms with van der Waals surface area (Å²) in [6, 6.07) is 11.6. The lowest BCUT2D eigenvalue weighted by Gasteiger charge is -2.30. The van der Waals surface area contributed by atoms with Crippen LogP contribution in [0.15, 0.2) is 36.4 Å². The molecule has 1 aliphatic heterocycles. The molecule has 2 N–H and O–H groups in total. The highest BCUT2D eigenvalue weighted by atomic mass is 16.4. The number of carbonyl (C=O) groups is 2. The van der Waals surface area contributed by atoms with Gasteiger partial charge in [0.15, 0.2) is 0 Å². The Morgan fingerprint density at radius 1 is 1.24 bits per heavy atom. The minimum atomic E-state index is -0.781. The van der Waals surface area contributed by atoms with Crippen molar-refractivity contribution in [1.82, 2.24) is 14.7 Å². The number of aryl methyl sites for hydroxylation is 1. The fraction of sp³-hybridized carbons (Fsp3) is 0.389. The molecule has 0 saturated carbocycles. The number of anilines is 1. The van der Waals surface area contributed by atoms with E-state index in [1.807, 2.05) is 43.3 Å². The topological polar surface area (TPSA) is 87.5 Å². The zero-order chi connectivity index (χ0) is 17.8. The van der Waals surface area contributed by atoms with Crippen LogP contribution in [0.1, 0.15) is 24.1 Å². The van der Waals surface area contributed by atoms with E-state index in [1.54, 1.807) is 9.58 Å². The molecule has 0 radical (unpaired) electrons. The van der Waals surface area contributed by atoms with E-state index in [1.165, 1.54) is 0 Å². The van der Waals surface area contributed by atoms with Crippen molar-refractivity contribution in [3.05, 3.63) is 47.7 Å². The molecule has 1 fully saturated rings. The van der Waals surface area contributed by atoms with Gasteiger partial charge in [-0.1, -0.05) is 30.3 Å². The predicted molar refractivity (Wildman–Crippen MR) is 93.5 cm³/mol. The molecule has 0 unspecified atom stereocenters. The standard InChI is InChI=1S/C18H22N4O3/c1-13-11-16(22(20-13)12-14-5-3-2-4-6-14)19-18(25)21-9-7-15(8-10-21)17(23)24/h2-6,11,15H,7-10,12H2,1H3,(H,19,25)(H,23,24). The molecule has 1 aromatic carbocycles. The maximum Gasteiger partial charge on any atom is 0.323 e. The highest BCUT2D eigenvalue weighted by Gasteiger charge is 2.27. The summed E-state index contributed by atoms with van der Waals surface area (Å²) < 4.78 is 1.77. The minimum absolute atomic E-state index is 0.210. The van der Waals surface area contributed by atoms with Crippen molar-refractivity contribution in [3.8, 4) is 0 Å². The van der Waals surface area contributed by atoms with Crippen LogP contribution in [0.25, 0.3) is 0 Å². The predicted octanol–water partition coefficient (Wildman–Crippen LogP) is 2.57. The quantitative estimate of drug-likeness (QED) is 0.894. The van der Waals surface area contributed by atoms with Crippen molar-refractivity contribution in [3.63, 3.8) is 0 Å². The van der Waals surface area contributed by atoms with Gasteiger partial charge in [0.2, 0.25) is 0 Å². The van der Waals surface area contributed by atoms with Gasteiger partial charge in [0.05, 0.1) is 18.2 Å². The van der Waals surface area contributed by atoms with Gasteiger partial charge in [-0.3, -0.25) is 10.1 Å². The van der Waals surface area contributed by atoms with E-state index in [0.29, 0.717) is 38.3 Å². The molecular weight excluding hydrogens is 320 g/mol. The average molecular weight is 342 g/mol. The number of carboxylic acid groups (broad SMARTS) is 1. The molecule has 7 nitrogen and oxygen atoms in total. The number of carbonyl (C=O) groups excluding carboxylic acids is 1. The number of hydrogen-bond donors (Lipinski definition) is 2. The van der Waals surface area contributed by atoms with E-state index >= 15 is 0 Å². The Hall–Kier alpha value is -2.83. The van der Waals surface area contributed by atoms with Crippen LogP contribution in [-0.4, -0.2) is 44.9 Å². The van der Waals surface area contributed by atoms with Crippen LogP contribution in [-0.2, 0) is 11.3 Å². The Labute approximate surface area is 146 Å². The molecule has 1 saturated heterocycles. The highest BCUT2D eigenvalue weighted by molar-refractivity contribution is 5.88. The number of amides is 2. The van der Waals surface area contributed by atoms with Gasteiger partial charge in [-0.2, -0.15) is 5.10 Å². The van der Waals surface area contributed by atoms with Gasteiger partial charge in [0.25, 0.3) is 0 Å². The number of aliphatic carboxylic acids is 1. The lowest BCUT2D eigenvalue weighted by atomic mass is 9.97. The molecule has 0 atom stereocenters. The Kier molecular flexibility index (Phi) is 5.02. The molecule has 25 heavy (non-hydrogen) atoms. The number of nitrogens with one attached hydrogen (secondary N) is 1. The third-order valence-electron chi connectivity index (χ3n) is 4.44. The number of rotatable bonds is 4. The largest absolute Gasteiger partial charge is 0.481 e. The van der Waals surface area contributed by atoms with E-state index in [0.717, 1.165) is 11.3 Å². The molecule has 1 aliphatic rings. The Balaban J connectivity index is 1.65. The van der Waals surface area contributed by atoms with Crippen LogP contribution in [0, 0.1) is 12.8 Å². The Bertz CT molecular complexity index is 749. The third-order valence-corrected chi connectivity index (χ3v) is 4.44. The van der Waals surface area contributed by atoms with Crippen LogP contribution in [0.5, 0.6) is 0 Å². The molecule has 1 aromatic heterocycles. The molecule has 0 bridgehead atoms. The molecule has 7 heteroatoms. The molecular formula is C18H22N4O3.